The second-order valence-corrected chi connectivity index (χ2v) is 5.26. The Balaban J connectivity index is 1.48. The van der Waals surface area contributed by atoms with E-state index in [-0.39, 0.29) is 0 Å². The summed E-state index contributed by atoms with van der Waals surface area (Å²) in [6, 6.07) is 13.8. The van der Waals surface area contributed by atoms with Gasteiger partial charge in [0.25, 0.3) is 0 Å². The highest BCUT2D eigenvalue weighted by atomic mass is 16.5. The summed E-state index contributed by atoms with van der Waals surface area (Å²) < 4.78 is 10.9. The first kappa shape index (κ1) is 13.8. The van der Waals surface area contributed by atoms with Crippen LogP contribution in [0.2, 0.25) is 0 Å². The zero-order valence-corrected chi connectivity index (χ0v) is 12.2. The number of fused-ring (bicyclic) bond motifs is 1. The van der Waals surface area contributed by atoms with Gasteiger partial charge in [-0.25, -0.2) is 0 Å². The molecular weight excluding hydrogens is 264 g/mol. The fourth-order valence-electron chi connectivity index (χ4n) is 2.61. The van der Waals surface area contributed by atoms with Crippen LogP contribution >= 0.6 is 0 Å². The van der Waals surface area contributed by atoms with Crippen molar-refractivity contribution in [3.8, 4) is 11.5 Å². The summed E-state index contributed by atoms with van der Waals surface area (Å²) in [6.07, 6.45) is 0. The largest absolute Gasteiger partial charge is 0.497 e. The molecule has 1 heterocycles. The van der Waals surface area contributed by atoms with Crippen LogP contribution < -0.4 is 15.2 Å². The summed E-state index contributed by atoms with van der Waals surface area (Å²) in [5.74, 6) is 1.71. The summed E-state index contributed by atoms with van der Waals surface area (Å²) in [7, 11) is 1.66. The third-order valence-electron chi connectivity index (χ3n) is 3.75. The minimum Gasteiger partial charge on any atom is -0.497 e. The van der Waals surface area contributed by atoms with Crippen molar-refractivity contribution < 1.29 is 9.47 Å². The third kappa shape index (κ3) is 3.28. The molecule has 0 saturated heterocycles. The van der Waals surface area contributed by atoms with E-state index in [1.807, 2.05) is 30.3 Å². The van der Waals surface area contributed by atoms with Gasteiger partial charge in [-0.15, -0.1) is 0 Å². The van der Waals surface area contributed by atoms with E-state index in [2.05, 4.69) is 17.0 Å². The Morgan fingerprint density at radius 1 is 1.00 bits per heavy atom. The zero-order chi connectivity index (χ0) is 14.7. The molecule has 0 fully saturated rings. The van der Waals surface area contributed by atoms with Gasteiger partial charge in [0.2, 0.25) is 0 Å². The summed E-state index contributed by atoms with van der Waals surface area (Å²) in [4.78, 5) is 2.37. The fraction of sp³-hybridized carbons (Fsp3) is 0.294. The van der Waals surface area contributed by atoms with E-state index in [4.69, 9.17) is 15.2 Å². The van der Waals surface area contributed by atoms with E-state index >= 15 is 0 Å². The van der Waals surface area contributed by atoms with Crippen LogP contribution in [0.5, 0.6) is 11.5 Å². The van der Waals surface area contributed by atoms with Crippen LogP contribution in [0.3, 0.4) is 0 Å². The molecule has 2 aromatic rings. The molecule has 0 aliphatic carbocycles. The van der Waals surface area contributed by atoms with Crippen molar-refractivity contribution >= 4 is 5.69 Å². The first-order valence-electron chi connectivity index (χ1n) is 7.11. The quantitative estimate of drug-likeness (QED) is 0.858. The van der Waals surface area contributed by atoms with Gasteiger partial charge in [-0.1, -0.05) is 6.07 Å². The predicted octanol–water partition coefficient (Wildman–Crippen LogP) is 2.67. The van der Waals surface area contributed by atoms with Crippen LogP contribution in [0.1, 0.15) is 11.1 Å². The van der Waals surface area contributed by atoms with E-state index in [0.29, 0.717) is 6.61 Å². The lowest BCUT2D eigenvalue weighted by Gasteiger charge is -2.15. The first-order valence-corrected chi connectivity index (χ1v) is 7.11. The van der Waals surface area contributed by atoms with Crippen molar-refractivity contribution in [2.24, 2.45) is 0 Å². The van der Waals surface area contributed by atoms with Gasteiger partial charge in [0, 0.05) is 25.3 Å². The molecule has 4 nitrogen and oxygen atoms in total. The summed E-state index contributed by atoms with van der Waals surface area (Å²) >= 11 is 0. The molecule has 2 aromatic carbocycles. The first-order chi connectivity index (χ1) is 10.2. The third-order valence-corrected chi connectivity index (χ3v) is 3.75. The Hall–Kier alpha value is -2.20. The summed E-state index contributed by atoms with van der Waals surface area (Å²) in [5, 5.41) is 0. The average molecular weight is 284 g/mol. The Morgan fingerprint density at radius 3 is 2.48 bits per heavy atom. The van der Waals surface area contributed by atoms with Crippen molar-refractivity contribution in [3.05, 3.63) is 53.6 Å². The fourth-order valence-corrected chi connectivity index (χ4v) is 2.61. The van der Waals surface area contributed by atoms with Gasteiger partial charge in [-0.2, -0.15) is 0 Å². The molecular formula is C17H20N2O2. The smallest absolute Gasteiger partial charge is 0.119 e. The van der Waals surface area contributed by atoms with Gasteiger partial charge in [0.1, 0.15) is 18.1 Å². The molecule has 0 bridgehead atoms. The highest BCUT2D eigenvalue weighted by molar-refractivity contribution is 5.46. The molecule has 0 unspecified atom stereocenters. The maximum absolute atomic E-state index is 5.82. The molecule has 0 spiro atoms. The molecule has 110 valence electrons. The number of hydrogen-bond donors (Lipinski definition) is 1. The number of benzene rings is 2. The molecule has 1 aliphatic rings. The van der Waals surface area contributed by atoms with E-state index in [0.717, 1.165) is 36.8 Å². The van der Waals surface area contributed by atoms with Gasteiger partial charge in [-0.3, -0.25) is 4.90 Å². The van der Waals surface area contributed by atoms with Gasteiger partial charge < -0.3 is 15.2 Å². The molecule has 0 atom stereocenters. The number of nitrogen functional groups attached to an aromatic ring is 1. The maximum Gasteiger partial charge on any atom is 0.119 e. The molecule has 3 rings (SSSR count). The standard InChI is InChI=1S/C17H20N2O2/c1-20-16-4-6-17(7-5-16)21-9-8-19-11-13-2-3-15(18)10-14(13)12-19/h2-7,10H,8-9,11-12,18H2,1H3. The Bertz CT molecular complexity index is 611. The van der Waals surface area contributed by atoms with Crippen molar-refractivity contribution in [2.45, 2.75) is 13.1 Å². The van der Waals surface area contributed by atoms with Crippen molar-refractivity contribution in [2.75, 3.05) is 26.0 Å². The molecule has 1 aliphatic heterocycles. The normalized spacial score (nSPS) is 14.0. The number of nitrogens with zero attached hydrogens (tertiary/aromatic N) is 1. The van der Waals surface area contributed by atoms with Crippen molar-refractivity contribution in [1.82, 2.24) is 4.90 Å². The second kappa shape index (κ2) is 6.06. The Morgan fingerprint density at radius 2 is 1.71 bits per heavy atom. The topological polar surface area (TPSA) is 47.7 Å². The number of nitrogens with two attached hydrogens (primary N) is 1. The number of anilines is 1. The van der Waals surface area contributed by atoms with Crippen LogP contribution in [-0.2, 0) is 13.1 Å². The van der Waals surface area contributed by atoms with Crippen LogP contribution in [0.4, 0.5) is 5.69 Å². The maximum atomic E-state index is 5.82. The lowest BCUT2D eigenvalue weighted by Crippen LogP contribution is -2.22. The number of ether oxygens (including phenoxy) is 2. The van der Waals surface area contributed by atoms with Crippen LogP contribution in [0, 0.1) is 0 Å². The minimum atomic E-state index is 0.676. The van der Waals surface area contributed by atoms with E-state index in [9.17, 15) is 0 Å². The predicted molar refractivity (Wildman–Crippen MR) is 83.5 cm³/mol. The van der Waals surface area contributed by atoms with Crippen LogP contribution in [-0.4, -0.2) is 25.2 Å². The van der Waals surface area contributed by atoms with Crippen molar-refractivity contribution in [1.29, 1.82) is 0 Å². The number of methoxy groups -OCH3 is 1. The van der Waals surface area contributed by atoms with Crippen LogP contribution in [0.25, 0.3) is 0 Å². The average Bonchev–Trinajstić information content (AvgIpc) is 2.89. The highest BCUT2D eigenvalue weighted by Gasteiger charge is 2.18. The molecule has 0 radical (unpaired) electrons. The lowest BCUT2D eigenvalue weighted by atomic mass is 10.1. The van der Waals surface area contributed by atoms with Gasteiger partial charge >= 0.3 is 0 Å². The summed E-state index contributed by atoms with van der Waals surface area (Å²) in [5.41, 5.74) is 9.36. The van der Waals surface area contributed by atoms with E-state index < -0.39 is 0 Å². The SMILES string of the molecule is COc1ccc(OCCN2Cc3ccc(N)cc3C2)cc1. The zero-order valence-electron chi connectivity index (χ0n) is 12.2. The number of hydrogen-bond acceptors (Lipinski definition) is 4. The monoisotopic (exact) mass is 284 g/mol. The van der Waals surface area contributed by atoms with Gasteiger partial charge in [-0.05, 0) is 47.5 Å². The lowest BCUT2D eigenvalue weighted by molar-refractivity contribution is 0.211. The van der Waals surface area contributed by atoms with E-state index in [1.165, 1.54) is 11.1 Å². The van der Waals surface area contributed by atoms with Gasteiger partial charge in [0.15, 0.2) is 0 Å². The Kier molecular flexibility index (Phi) is 3.97. The van der Waals surface area contributed by atoms with E-state index in [1.54, 1.807) is 7.11 Å². The molecule has 0 saturated carbocycles. The van der Waals surface area contributed by atoms with Crippen LogP contribution in [0.15, 0.2) is 42.5 Å². The molecule has 0 amide bonds. The molecule has 4 heteroatoms. The minimum absolute atomic E-state index is 0.676. The molecule has 0 aromatic heterocycles. The second-order valence-electron chi connectivity index (χ2n) is 5.26. The van der Waals surface area contributed by atoms with Crippen molar-refractivity contribution in [3.63, 3.8) is 0 Å². The molecule has 21 heavy (non-hydrogen) atoms. The highest BCUT2D eigenvalue weighted by Crippen LogP contribution is 2.24. The Labute approximate surface area is 125 Å². The molecule has 2 N–H and O–H groups in total. The summed E-state index contributed by atoms with van der Waals surface area (Å²) in [6.45, 7) is 3.50. The number of rotatable bonds is 5. The van der Waals surface area contributed by atoms with Gasteiger partial charge in [0.05, 0.1) is 7.11 Å².